The number of aliphatic hydroxyl groups excluding tert-OH is 1. The van der Waals surface area contributed by atoms with Crippen LogP contribution in [0.3, 0.4) is 0 Å². The van der Waals surface area contributed by atoms with Crippen molar-refractivity contribution < 1.29 is 19.4 Å². The second-order valence-corrected chi connectivity index (χ2v) is 8.00. The third-order valence-electron chi connectivity index (χ3n) is 5.72. The zero-order chi connectivity index (χ0) is 22.2. The fraction of sp³-hybridized carbons (Fsp3) is 0.417. The van der Waals surface area contributed by atoms with Gasteiger partial charge in [0.15, 0.2) is 0 Å². The number of ether oxygens (including phenoxy) is 1. The molecule has 0 radical (unpaired) electrons. The Morgan fingerprint density at radius 3 is 2.58 bits per heavy atom. The van der Waals surface area contributed by atoms with Crippen molar-refractivity contribution in [3.05, 3.63) is 65.2 Å². The quantitative estimate of drug-likeness (QED) is 0.564. The largest absolute Gasteiger partial charge is 0.497 e. The standard InChI is InChI=1S/C24H31N3O4/c1-27-14-21(19-5-3-4-18(12-19)13-26-23(29)16-28)22(15-27)24(30)25-11-10-17-6-8-20(31-2)9-7-17/h3-9,12,21-22,28H,10-11,13-16H2,1-2H3,(H,25,30)(H,26,29)/t21-,22-/m1/s1. The summed E-state index contributed by atoms with van der Waals surface area (Å²) in [4.78, 5) is 26.5. The van der Waals surface area contributed by atoms with Gasteiger partial charge in [0.25, 0.3) is 0 Å². The van der Waals surface area contributed by atoms with Crippen LogP contribution >= 0.6 is 0 Å². The van der Waals surface area contributed by atoms with E-state index in [4.69, 9.17) is 9.84 Å². The second kappa shape index (κ2) is 10.9. The third-order valence-corrected chi connectivity index (χ3v) is 5.72. The molecule has 3 rings (SSSR count). The Labute approximate surface area is 183 Å². The monoisotopic (exact) mass is 425 g/mol. The molecule has 2 aromatic carbocycles. The lowest BCUT2D eigenvalue weighted by atomic mass is 9.87. The average molecular weight is 426 g/mol. The minimum Gasteiger partial charge on any atom is -0.497 e. The zero-order valence-corrected chi connectivity index (χ0v) is 18.1. The summed E-state index contributed by atoms with van der Waals surface area (Å²) in [6.45, 7) is 1.94. The van der Waals surface area contributed by atoms with E-state index in [0.717, 1.165) is 35.4 Å². The molecule has 1 aliphatic rings. The minimum atomic E-state index is -0.522. The summed E-state index contributed by atoms with van der Waals surface area (Å²) >= 11 is 0. The maximum atomic E-state index is 13.0. The van der Waals surface area contributed by atoms with E-state index < -0.39 is 12.5 Å². The van der Waals surface area contributed by atoms with E-state index in [-0.39, 0.29) is 17.7 Å². The highest BCUT2D eigenvalue weighted by molar-refractivity contribution is 5.80. The molecule has 2 aromatic rings. The molecule has 1 heterocycles. The summed E-state index contributed by atoms with van der Waals surface area (Å²) in [5.41, 5.74) is 3.20. The van der Waals surface area contributed by atoms with Crippen LogP contribution in [0.1, 0.15) is 22.6 Å². The van der Waals surface area contributed by atoms with Crippen molar-refractivity contribution in [2.45, 2.75) is 18.9 Å². The lowest BCUT2D eigenvalue weighted by Gasteiger charge is -2.19. The summed E-state index contributed by atoms with van der Waals surface area (Å²) < 4.78 is 5.18. The van der Waals surface area contributed by atoms with Gasteiger partial charge in [0.1, 0.15) is 12.4 Å². The molecule has 2 amide bonds. The minimum absolute atomic E-state index is 0.0712. The number of hydrogen-bond donors (Lipinski definition) is 3. The molecule has 0 spiro atoms. The number of methoxy groups -OCH3 is 1. The fourth-order valence-corrected chi connectivity index (χ4v) is 4.05. The average Bonchev–Trinajstić information content (AvgIpc) is 3.20. The van der Waals surface area contributed by atoms with Crippen molar-refractivity contribution in [2.75, 3.05) is 40.4 Å². The first kappa shape index (κ1) is 22.8. The maximum Gasteiger partial charge on any atom is 0.245 e. The molecule has 0 bridgehead atoms. The molecular formula is C24H31N3O4. The molecule has 1 saturated heterocycles. The molecular weight excluding hydrogens is 394 g/mol. The Bertz CT molecular complexity index is 885. The van der Waals surface area contributed by atoms with Gasteiger partial charge in [0.05, 0.1) is 13.0 Å². The lowest BCUT2D eigenvalue weighted by molar-refractivity contribution is -0.125. The number of aliphatic hydroxyl groups is 1. The van der Waals surface area contributed by atoms with Crippen molar-refractivity contribution in [3.63, 3.8) is 0 Å². The molecule has 166 valence electrons. The Balaban J connectivity index is 1.59. The Morgan fingerprint density at radius 2 is 1.87 bits per heavy atom. The molecule has 0 unspecified atom stereocenters. The van der Waals surface area contributed by atoms with Crippen molar-refractivity contribution in [2.24, 2.45) is 5.92 Å². The number of hydrogen-bond acceptors (Lipinski definition) is 5. The first-order valence-corrected chi connectivity index (χ1v) is 10.6. The number of nitrogens with zero attached hydrogens (tertiary/aromatic N) is 1. The van der Waals surface area contributed by atoms with Gasteiger partial charge in [-0.25, -0.2) is 0 Å². The van der Waals surface area contributed by atoms with Crippen LogP contribution in [0.15, 0.2) is 48.5 Å². The highest BCUT2D eigenvalue weighted by atomic mass is 16.5. The molecule has 3 N–H and O–H groups in total. The van der Waals surface area contributed by atoms with Crippen molar-refractivity contribution >= 4 is 11.8 Å². The number of amides is 2. The number of carbonyl (C=O) groups is 2. The highest BCUT2D eigenvalue weighted by Crippen LogP contribution is 2.32. The molecule has 1 fully saturated rings. The van der Waals surface area contributed by atoms with Crippen LogP contribution in [0, 0.1) is 5.92 Å². The van der Waals surface area contributed by atoms with Gasteiger partial charge in [-0.2, -0.15) is 0 Å². The van der Waals surface area contributed by atoms with Crippen molar-refractivity contribution in [1.29, 1.82) is 0 Å². The molecule has 0 aromatic heterocycles. The summed E-state index contributed by atoms with van der Waals surface area (Å²) in [6.07, 6.45) is 0.767. The van der Waals surface area contributed by atoms with Gasteiger partial charge < -0.3 is 25.4 Å². The van der Waals surface area contributed by atoms with Crippen molar-refractivity contribution in [3.8, 4) is 5.75 Å². The van der Waals surface area contributed by atoms with Gasteiger partial charge in [0, 0.05) is 32.1 Å². The fourth-order valence-electron chi connectivity index (χ4n) is 4.05. The van der Waals surface area contributed by atoms with Gasteiger partial charge >= 0.3 is 0 Å². The van der Waals surface area contributed by atoms with Crippen LogP contribution in [0.2, 0.25) is 0 Å². The number of rotatable bonds is 9. The van der Waals surface area contributed by atoms with E-state index in [2.05, 4.69) is 15.5 Å². The van der Waals surface area contributed by atoms with Gasteiger partial charge in [0.2, 0.25) is 11.8 Å². The van der Waals surface area contributed by atoms with Crippen LogP contribution in [0.5, 0.6) is 5.75 Å². The molecule has 7 heteroatoms. The topological polar surface area (TPSA) is 90.9 Å². The summed E-state index contributed by atoms with van der Waals surface area (Å²) in [5.74, 6) is 0.465. The Kier molecular flexibility index (Phi) is 8.03. The molecule has 7 nitrogen and oxygen atoms in total. The van der Waals surface area contributed by atoms with E-state index in [1.54, 1.807) is 7.11 Å². The van der Waals surface area contributed by atoms with Crippen LogP contribution in [-0.4, -0.2) is 62.2 Å². The Hall–Kier alpha value is -2.90. The third kappa shape index (κ3) is 6.29. The van der Waals surface area contributed by atoms with Gasteiger partial charge in [-0.05, 0) is 42.3 Å². The molecule has 2 atom stereocenters. The molecule has 0 aliphatic carbocycles. The van der Waals surface area contributed by atoms with E-state index in [0.29, 0.717) is 19.6 Å². The first-order chi connectivity index (χ1) is 15.0. The predicted molar refractivity (Wildman–Crippen MR) is 119 cm³/mol. The van der Waals surface area contributed by atoms with Crippen molar-refractivity contribution in [1.82, 2.24) is 15.5 Å². The molecule has 1 aliphatic heterocycles. The van der Waals surface area contributed by atoms with Gasteiger partial charge in [-0.1, -0.05) is 36.4 Å². The SMILES string of the molecule is COc1ccc(CCNC(=O)[C@@H]2CN(C)C[C@@H]2c2cccc(CNC(=O)CO)c2)cc1. The smallest absolute Gasteiger partial charge is 0.245 e. The van der Waals surface area contributed by atoms with Gasteiger partial charge in [-0.3, -0.25) is 9.59 Å². The van der Waals surface area contributed by atoms with E-state index in [9.17, 15) is 9.59 Å². The zero-order valence-electron chi connectivity index (χ0n) is 18.1. The van der Waals surface area contributed by atoms with E-state index >= 15 is 0 Å². The second-order valence-electron chi connectivity index (χ2n) is 8.00. The number of benzene rings is 2. The Morgan fingerprint density at radius 1 is 1.10 bits per heavy atom. The summed E-state index contributed by atoms with van der Waals surface area (Å²) in [6, 6.07) is 15.8. The highest BCUT2D eigenvalue weighted by Gasteiger charge is 2.36. The predicted octanol–water partition coefficient (Wildman–Crippen LogP) is 1.31. The van der Waals surface area contributed by atoms with Crippen LogP contribution in [0.25, 0.3) is 0 Å². The van der Waals surface area contributed by atoms with Crippen LogP contribution in [0.4, 0.5) is 0 Å². The number of nitrogens with one attached hydrogen (secondary N) is 2. The van der Waals surface area contributed by atoms with Gasteiger partial charge in [-0.15, -0.1) is 0 Å². The number of likely N-dealkylation sites (N-methyl/N-ethyl adjacent to an activating group) is 1. The summed E-state index contributed by atoms with van der Waals surface area (Å²) in [7, 11) is 3.67. The number of carbonyl (C=O) groups excluding carboxylic acids is 2. The normalized spacial score (nSPS) is 18.5. The lowest BCUT2D eigenvalue weighted by Crippen LogP contribution is -2.35. The van der Waals surface area contributed by atoms with Crippen LogP contribution in [-0.2, 0) is 22.6 Å². The van der Waals surface area contributed by atoms with E-state index in [1.807, 2.05) is 55.6 Å². The molecule has 0 saturated carbocycles. The first-order valence-electron chi connectivity index (χ1n) is 10.6. The number of likely N-dealkylation sites (tertiary alicyclic amines) is 1. The van der Waals surface area contributed by atoms with Crippen LogP contribution < -0.4 is 15.4 Å². The van der Waals surface area contributed by atoms with E-state index in [1.165, 1.54) is 0 Å². The maximum absolute atomic E-state index is 13.0. The summed E-state index contributed by atoms with van der Waals surface area (Å²) in [5, 5.41) is 14.6. The molecule has 31 heavy (non-hydrogen) atoms.